The smallest absolute Gasteiger partial charge is 0.267 e. The molecular formula is C17H13N3O3. The first-order chi connectivity index (χ1) is 11.1. The Balaban J connectivity index is 1.91. The number of hydrogen-bond donors (Lipinski definition) is 3. The van der Waals surface area contributed by atoms with E-state index in [0.29, 0.717) is 16.6 Å². The average Bonchev–Trinajstić information content (AvgIpc) is 2.56. The number of nitrogens with two attached hydrogens (primary N) is 1. The van der Waals surface area contributed by atoms with Crippen LogP contribution in [0.5, 0.6) is 5.75 Å². The van der Waals surface area contributed by atoms with Crippen LogP contribution in [-0.2, 0) is 0 Å². The van der Waals surface area contributed by atoms with Crippen LogP contribution < -0.4 is 11.1 Å². The number of anilines is 1. The van der Waals surface area contributed by atoms with Crippen molar-refractivity contribution in [3.63, 3.8) is 0 Å². The molecule has 0 aliphatic carbocycles. The minimum Gasteiger partial charge on any atom is -0.507 e. The van der Waals surface area contributed by atoms with E-state index in [1.165, 1.54) is 18.3 Å². The fraction of sp³-hybridized carbons (Fsp3) is 0. The molecule has 0 atom stereocenters. The highest BCUT2D eigenvalue weighted by Gasteiger charge is 2.11. The summed E-state index contributed by atoms with van der Waals surface area (Å²) in [6.45, 7) is 0. The van der Waals surface area contributed by atoms with Crippen LogP contribution in [-0.4, -0.2) is 21.9 Å². The Kier molecular flexibility index (Phi) is 3.64. The van der Waals surface area contributed by atoms with Gasteiger partial charge in [-0.1, -0.05) is 24.3 Å². The minimum atomic E-state index is -0.651. The summed E-state index contributed by atoms with van der Waals surface area (Å²) in [5, 5.41) is 14.0. The maximum Gasteiger partial charge on any atom is 0.267 e. The van der Waals surface area contributed by atoms with Gasteiger partial charge in [-0.05, 0) is 24.3 Å². The van der Waals surface area contributed by atoms with E-state index in [-0.39, 0.29) is 17.4 Å². The number of pyridine rings is 1. The zero-order valence-electron chi connectivity index (χ0n) is 12.0. The number of hydrogen-bond acceptors (Lipinski definition) is 4. The van der Waals surface area contributed by atoms with Gasteiger partial charge in [0.1, 0.15) is 11.4 Å². The lowest BCUT2D eigenvalue weighted by molar-refractivity contribution is 0.0990. The number of primary amides is 1. The number of rotatable bonds is 3. The number of aromatic hydroxyl groups is 1. The first-order valence-corrected chi connectivity index (χ1v) is 6.84. The van der Waals surface area contributed by atoms with Crippen LogP contribution in [0.1, 0.15) is 20.8 Å². The molecule has 0 saturated carbocycles. The number of carbonyl (C=O) groups is 2. The SMILES string of the molecule is NC(=O)c1ccc(C(=O)Nc2cccc3c(O)cccc23)cn1. The molecule has 4 N–H and O–H groups in total. The molecule has 2 amide bonds. The summed E-state index contributed by atoms with van der Waals surface area (Å²) >= 11 is 0. The lowest BCUT2D eigenvalue weighted by Crippen LogP contribution is -2.16. The van der Waals surface area contributed by atoms with Gasteiger partial charge < -0.3 is 16.2 Å². The van der Waals surface area contributed by atoms with E-state index in [1.807, 2.05) is 0 Å². The normalized spacial score (nSPS) is 10.4. The third kappa shape index (κ3) is 2.82. The van der Waals surface area contributed by atoms with Gasteiger partial charge in [-0.25, -0.2) is 0 Å². The van der Waals surface area contributed by atoms with Crippen molar-refractivity contribution < 1.29 is 14.7 Å². The van der Waals surface area contributed by atoms with Crippen LogP contribution in [0.15, 0.2) is 54.7 Å². The van der Waals surface area contributed by atoms with E-state index in [9.17, 15) is 14.7 Å². The first-order valence-electron chi connectivity index (χ1n) is 6.84. The van der Waals surface area contributed by atoms with Crippen LogP contribution in [0, 0.1) is 0 Å². The molecule has 1 aromatic heterocycles. The molecule has 3 rings (SSSR count). The number of carbonyl (C=O) groups excluding carboxylic acids is 2. The van der Waals surface area contributed by atoms with Gasteiger partial charge in [0.2, 0.25) is 0 Å². The van der Waals surface area contributed by atoms with Gasteiger partial charge in [0, 0.05) is 22.7 Å². The Morgan fingerprint density at radius 3 is 2.43 bits per heavy atom. The van der Waals surface area contributed by atoms with Crippen molar-refractivity contribution in [2.45, 2.75) is 0 Å². The molecule has 0 bridgehead atoms. The topological polar surface area (TPSA) is 105 Å². The summed E-state index contributed by atoms with van der Waals surface area (Å²) in [5.74, 6) is -0.878. The lowest BCUT2D eigenvalue weighted by atomic mass is 10.1. The molecule has 0 radical (unpaired) electrons. The van der Waals surface area contributed by atoms with Crippen LogP contribution >= 0.6 is 0 Å². The van der Waals surface area contributed by atoms with Gasteiger partial charge in [0.15, 0.2) is 0 Å². The molecule has 6 heteroatoms. The Morgan fingerprint density at radius 2 is 1.74 bits per heavy atom. The number of aromatic nitrogens is 1. The maximum absolute atomic E-state index is 12.3. The molecule has 2 aromatic carbocycles. The molecule has 0 aliphatic heterocycles. The van der Waals surface area contributed by atoms with E-state index < -0.39 is 5.91 Å². The van der Waals surface area contributed by atoms with Crippen molar-refractivity contribution in [2.75, 3.05) is 5.32 Å². The molecule has 114 valence electrons. The summed E-state index contributed by atoms with van der Waals surface area (Å²) in [6.07, 6.45) is 1.29. The van der Waals surface area contributed by atoms with E-state index in [1.54, 1.807) is 36.4 Å². The predicted octanol–water partition coefficient (Wildman–Crippen LogP) is 2.29. The van der Waals surface area contributed by atoms with Crippen LogP contribution in [0.3, 0.4) is 0 Å². The summed E-state index contributed by atoms with van der Waals surface area (Å²) in [7, 11) is 0. The summed E-state index contributed by atoms with van der Waals surface area (Å²) < 4.78 is 0. The average molecular weight is 307 g/mol. The lowest BCUT2D eigenvalue weighted by Gasteiger charge is -2.09. The summed E-state index contributed by atoms with van der Waals surface area (Å²) in [6, 6.07) is 13.2. The molecule has 6 nitrogen and oxygen atoms in total. The number of phenolic OH excluding ortho intramolecular Hbond substituents is 1. The Bertz CT molecular complexity index is 905. The van der Waals surface area contributed by atoms with Gasteiger partial charge >= 0.3 is 0 Å². The van der Waals surface area contributed by atoms with Crippen molar-refractivity contribution in [1.29, 1.82) is 0 Å². The highest BCUT2D eigenvalue weighted by Crippen LogP contribution is 2.29. The maximum atomic E-state index is 12.3. The molecule has 23 heavy (non-hydrogen) atoms. The third-order valence-electron chi connectivity index (χ3n) is 3.43. The first kappa shape index (κ1) is 14.5. The summed E-state index contributed by atoms with van der Waals surface area (Å²) in [5.41, 5.74) is 6.08. The fourth-order valence-electron chi connectivity index (χ4n) is 2.27. The van der Waals surface area contributed by atoms with Crippen molar-refractivity contribution in [1.82, 2.24) is 4.98 Å². The van der Waals surface area contributed by atoms with Gasteiger partial charge in [-0.15, -0.1) is 0 Å². The second kappa shape index (κ2) is 5.76. The monoisotopic (exact) mass is 307 g/mol. The number of nitrogens with one attached hydrogen (secondary N) is 1. The number of fused-ring (bicyclic) bond motifs is 1. The zero-order valence-corrected chi connectivity index (χ0v) is 12.0. The van der Waals surface area contributed by atoms with Crippen LogP contribution in [0.4, 0.5) is 5.69 Å². The fourth-order valence-corrected chi connectivity index (χ4v) is 2.27. The second-order valence-corrected chi connectivity index (χ2v) is 4.93. The highest BCUT2D eigenvalue weighted by molar-refractivity contribution is 6.10. The molecule has 0 spiro atoms. The zero-order chi connectivity index (χ0) is 16.4. The van der Waals surface area contributed by atoms with Crippen LogP contribution in [0.2, 0.25) is 0 Å². The number of benzene rings is 2. The van der Waals surface area contributed by atoms with Gasteiger partial charge in [0.25, 0.3) is 11.8 Å². The van der Waals surface area contributed by atoms with E-state index in [4.69, 9.17) is 5.73 Å². The van der Waals surface area contributed by atoms with E-state index in [2.05, 4.69) is 10.3 Å². The number of amides is 2. The predicted molar refractivity (Wildman–Crippen MR) is 86.3 cm³/mol. The minimum absolute atomic E-state index is 0.0941. The third-order valence-corrected chi connectivity index (χ3v) is 3.43. The summed E-state index contributed by atoms with van der Waals surface area (Å²) in [4.78, 5) is 27.1. The van der Waals surface area contributed by atoms with Crippen LogP contribution in [0.25, 0.3) is 10.8 Å². The van der Waals surface area contributed by atoms with E-state index in [0.717, 1.165) is 5.39 Å². The molecule has 0 unspecified atom stereocenters. The number of phenols is 1. The Labute approximate surface area is 131 Å². The van der Waals surface area contributed by atoms with Crippen molar-refractivity contribution in [3.8, 4) is 5.75 Å². The quantitative estimate of drug-likeness (QED) is 0.690. The molecule has 1 heterocycles. The Morgan fingerprint density at radius 1 is 1.00 bits per heavy atom. The van der Waals surface area contributed by atoms with Gasteiger partial charge in [-0.2, -0.15) is 0 Å². The van der Waals surface area contributed by atoms with Crippen molar-refractivity contribution in [2.24, 2.45) is 5.73 Å². The molecular weight excluding hydrogens is 294 g/mol. The van der Waals surface area contributed by atoms with E-state index >= 15 is 0 Å². The molecule has 0 fully saturated rings. The van der Waals surface area contributed by atoms with Gasteiger partial charge in [0.05, 0.1) is 5.56 Å². The molecule has 0 saturated heterocycles. The number of nitrogens with zero attached hydrogens (tertiary/aromatic N) is 1. The van der Waals surface area contributed by atoms with Crippen molar-refractivity contribution >= 4 is 28.3 Å². The second-order valence-electron chi connectivity index (χ2n) is 4.93. The molecule has 3 aromatic rings. The van der Waals surface area contributed by atoms with Crippen molar-refractivity contribution in [3.05, 3.63) is 66.0 Å². The Hall–Kier alpha value is -3.41. The highest BCUT2D eigenvalue weighted by atomic mass is 16.3. The standard InChI is InChI=1S/C17H13N3O3/c18-16(22)14-8-7-10(9-19-14)17(23)20-13-5-1-4-12-11(13)3-2-6-15(12)21/h1-9,21H,(H2,18,22)(H,20,23). The largest absolute Gasteiger partial charge is 0.507 e. The molecule has 0 aliphatic rings. The van der Waals surface area contributed by atoms with Gasteiger partial charge in [-0.3, -0.25) is 14.6 Å².